The molecule has 2 heteroatoms. The van der Waals surface area contributed by atoms with E-state index in [-0.39, 0.29) is 0 Å². The van der Waals surface area contributed by atoms with Crippen molar-refractivity contribution in [1.29, 1.82) is 0 Å². The largest absolute Gasteiger partial charge is 0.455 e. The van der Waals surface area contributed by atoms with Crippen molar-refractivity contribution in [2.75, 3.05) is 0 Å². The lowest BCUT2D eigenvalue weighted by Crippen LogP contribution is -1.99. The fourth-order valence-electron chi connectivity index (χ4n) is 8.17. The van der Waals surface area contributed by atoms with E-state index in [1.165, 1.54) is 70.6 Å². The van der Waals surface area contributed by atoms with Crippen LogP contribution in [-0.2, 0) is 0 Å². The molecule has 0 amide bonds. The first kappa shape index (κ1) is 24.2. The maximum Gasteiger partial charge on any atom is 0.143 e. The van der Waals surface area contributed by atoms with Gasteiger partial charge in [-0.2, -0.15) is 0 Å². The van der Waals surface area contributed by atoms with E-state index >= 15 is 0 Å². The molecule has 0 aliphatic heterocycles. The van der Waals surface area contributed by atoms with Gasteiger partial charge in [-0.05, 0) is 56.8 Å². The van der Waals surface area contributed by atoms with E-state index in [2.05, 4.69) is 150 Å². The zero-order chi connectivity index (χ0) is 29.9. The summed E-state index contributed by atoms with van der Waals surface area (Å²) >= 11 is 0. The molecule has 0 unspecified atom stereocenters. The lowest BCUT2D eigenvalue weighted by Gasteiger charge is -2.19. The van der Waals surface area contributed by atoms with Crippen LogP contribution in [0.3, 0.4) is 0 Å². The number of para-hydroxylation sites is 3. The molecule has 0 fully saturated rings. The van der Waals surface area contributed by atoms with Gasteiger partial charge in [0.05, 0.1) is 16.7 Å². The molecule has 0 aliphatic carbocycles. The predicted molar refractivity (Wildman–Crippen MR) is 195 cm³/mol. The van der Waals surface area contributed by atoms with Crippen LogP contribution < -0.4 is 0 Å². The first-order valence-electron chi connectivity index (χ1n) is 15.9. The number of furan rings is 1. The Balaban J connectivity index is 1.27. The summed E-state index contributed by atoms with van der Waals surface area (Å²) in [5.41, 5.74) is 7.76. The third-order valence-electron chi connectivity index (χ3n) is 10.1. The summed E-state index contributed by atoms with van der Waals surface area (Å²) in [6, 6.07) is 55.3. The number of rotatable bonds is 2. The van der Waals surface area contributed by atoms with E-state index < -0.39 is 0 Å². The van der Waals surface area contributed by atoms with Gasteiger partial charge in [0.2, 0.25) is 0 Å². The summed E-state index contributed by atoms with van der Waals surface area (Å²) in [5, 5.41) is 15.1. The van der Waals surface area contributed by atoms with Crippen molar-refractivity contribution in [2.45, 2.75) is 0 Å². The van der Waals surface area contributed by atoms with E-state index in [0.717, 1.165) is 33.1 Å². The van der Waals surface area contributed by atoms with Crippen LogP contribution >= 0.6 is 0 Å². The topological polar surface area (TPSA) is 18.1 Å². The van der Waals surface area contributed by atoms with Crippen LogP contribution in [0.15, 0.2) is 156 Å². The van der Waals surface area contributed by atoms with Gasteiger partial charge in [-0.1, -0.05) is 127 Å². The normalized spacial score (nSPS) is 12.3. The van der Waals surface area contributed by atoms with Gasteiger partial charge in [0.15, 0.2) is 0 Å². The molecule has 9 aromatic carbocycles. The van der Waals surface area contributed by atoms with Crippen LogP contribution in [0.2, 0.25) is 0 Å². The lowest BCUT2D eigenvalue weighted by atomic mass is 9.89. The Morgan fingerprint density at radius 1 is 0.391 bits per heavy atom. The second-order valence-corrected chi connectivity index (χ2v) is 12.4. The molecule has 0 bridgehead atoms. The van der Waals surface area contributed by atoms with Crippen molar-refractivity contribution in [2.24, 2.45) is 0 Å². The summed E-state index contributed by atoms with van der Waals surface area (Å²) in [6.45, 7) is 0. The number of benzene rings is 9. The fourth-order valence-corrected chi connectivity index (χ4v) is 8.17. The number of nitrogens with zero attached hydrogens (tertiary/aromatic N) is 1. The molecule has 0 N–H and O–H groups in total. The molecule has 0 atom stereocenters. The van der Waals surface area contributed by atoms with Crippen molar-refractivity contribution in [3.8, 4) is 16.8 Å². The molecule has 0 saturated carbocycles. The minimum atomic E-state index is 0.920. The van der Waals surface area contributed by atoms with Crippen molar-refractivity contribution < 1.29 is 4.42 Å². The molecule has 2 heterocycles. The quantitative estimate of drug-likeness (QED) is 0.146. The molecule has 2 nitrogen and oxygen atoms in total. The van der Waals surface area contributed by atoms with Gasteiger partial charge in [-0.25, -0.2) is 0 Å². The standard InChI is InChI=1S/C44H25NO/c1-2-14-34-30(11-1)33-22-19-26-9-7-10-27-20-23-36(42(33)41(26)27)43(34)45-38-17-5-3-12-31(38)37-25-28(21-24-39(37)45)29-15-8-16-35-32-13-4-6-18-40(32)46-44(29)35/h1-25H. The summed E-state index contributed by atoms with van der Waals surface area (Å²) in [4.78, 5) is 0. The highest BCUT2D eigenvalue weighted by molar-refractivity contribution is 6.32. The Morgan fingerprint density at radius 2 is 1.07 bits per heavy atom. The monoisotopic (exact) mass is 583 g/mol. The van der Waals surface area contributed by atoms with E-state index in [4.69, 9.17) is 4.42 Å². The molecule has 0 aliphatic rings. The molecule has 11 rings (SSSR count). The van der Waals surface area contributed by atoms with Gasteiger partial charge in [0.1, 0.15) is 11.2 Å². The summed E-state index contributed by atoms with van der Waals surface area (Å²) in [7, 11) is 0. The van der Waals surface area contributed by atoms with E-state index in [0.29, 0.717) is 0 Å². The number of hydrogen-bond acceptors (Lipinski definition) is 1. The van der Waals surface area contributed by atoms with Crippen LogP contribution in [0.5, 0.6) is 0 Å². The van der Waals surface area contributed by atoms with Gasteiger partial charge in [0, 0.05) is 43.3 Å². The molecule has 0 saturated heterocycles. The lowest BCUT2D eigenvalue weighted by molar-refractivity contribution is 0.670. The first-order valence-corrected chi connectivity index (χ1v) is 15.9. The smallest absolute Gasteiger partial charge is 0.143 e. The maximum atomic E-state index is 6.46. The summed E-state index contributed by atoms with van der Waals surface area (Å²) in [6.07, 6.45) is 0. The Kier molecular flexibility index (Phi) is 4.61. The molecule has 212 valence electrons. The third-order valence-corrected chi connectivity index (χ3v) is 10.1. The van der Waals surface area contributed by atoms with Crippen LogP contribution in [0, 0.1) is 0 Å². The minimum absolute atomic E-state index is 0.920. The van der Waals surface area contributed by atoms with Gasteiger partial charge in [-0.15, -0.1) is 0 Å². The number of aromatic nitrogens is 1. The van der Waals surface area contributed by atoms with E-state index in [9.17, 15) is 0 Å². The Labute approximate surface area is 263 Å². The number of fused-ring (bicyclic) bond motifs is 8. The van der Waals surface area contributed by atoms with Gasteiger partial charge in [-0.3, -0.25) is 0 Å². The molecular weight excluding hydrogens is 558 g/mol. The summed E-state index contributed by atoms with van der Waals surface area (Å²) < 4.78 is 8.96. The Bertz CT molecular complexity index is 3010. The van der Waals surface area contributed by atoms with Gasteiger partial charge < -0.3 is 8.98 Å². The average Bonchev–Trinajstić information content (AvgIpc) is 3.66. The summed E-state index contributed by atoms with van der Waals surface area (Å²) in [5.74, 6) is 0. The van der Waals surface area contributed by atoms with Crippen LogP contribution in [0.25, 0.3) is 104 Å². The van der Waals surface area contributed by atoms with Crippen LogP contribution in [-0.4, -0.2) is 4.57 Å². The highest BCUT2D eigenvalue weighted by Crippen LogP contribution is 2.45. The third kappa shape index (κ3) is 3.05. The fraction of sp³-hybridized carbons (Fsp3) is 0. The van der Waals surface area contributed by atoms with E-state index in [1.807, 2.05) is 6.07 Å². The van der Waals surface area contributed by atoms with Crippen molar-refractivity contribution in [3.05, 3.63) is 152 Å². The Hall–Kier alpha value is -6.12. The molecule has 0 radical (unpaired) electrons. The molecule has 2 aromatic heterocycles. The van der Waals surface area contributed by atoms with Crippen LogP contribution in [0.4, 0.5) is 0 Å². The average molecular weight is 584 g/mol. The molecule has 46 heavy (non-hydrogen) atoms. The molecule has 11 aromatic rings. The van der Waals surface area contributed by atoms with Crippen molar-refractivity contribution in [3.63, 3.8) is 0 Å². The first-order chi connectivity index (χ1) is 22.8. The highest BCUT2D eigenvalue weighted by atomic mass is 16.3. The zero-order valence-corrected chi connectivity index (χ0v) is 24.8. The minimum Gasteiger partial charge on any atom is -0.455 e. The highest BCUT2D eigenvalue weighted by Gasteiger charge is 2.21. The zero-order valence-electron chi connectivity index (χ0n) is 24.8. The van der Waals surface area contributed by atoms with Gasteiger partial charge in [0.25, 0.3) is 0 Å². The second kappa shape index (κ2) is 8.74. The van der Waals surface area contributed by atoms with Crippen LogP contribution in [0.1, 0.15) is 0 Å². The van der Waals surface area contributed by atoms with E-state index in [1.54, 1.807) is 0 Å². The SMILES string of the molecule is c1cc2ccc3c(-n4c5ccccc5c5cc(-c6cccc7c6oc6ccccc67)ccc54)c4ccccc4c4ccc(c1)c2c34. The Morgan fingerprint density at radius 3 is 1.93 bits per heavy atom. The predicted octanol–water partition coefficient (Wildman–Crippen LogP) is 12.4. The second-order valence-electron chi connectivity index (χ2n) is 12.4. The maximum absolute atomic E-state index is 6.46. The van der Waals surface area contributed by atoms with Crippen molar-refractivity contribution in [1.82, 2.24) is 4.57 Å². The number of hydrogen-bond donors (Lipinski definition) is 0. The molecular formula is C44H25NO. The molecule has 0 spiro atoms. The van der Waals surface area contributed by atoms with Gasteiger partial charge >= 0.3 is 0 Å². The van der Waals surface area contributed by atoms with Crippen molar-refractivity contribution >= 4 is 86.8 Å².